The zero-order valence-corrected chi connectivity index (χ0v) is 8.32. The van der Waals surface area contributed by atoms with Gasteiger partial charge in [-0.2, -0.15) is 0 Å². The summed E-state index contributed by atoms with van der Waals surface area (Å²) in [6, 6.07) is 3.64. The first-order valence-electron chi connectivity index (χ1n) is 4.19. The standard InChI is InChI=1S/C10H11FO4/c1-10(11,9(13)14)7-5-6(12)3-4-8(7)15-2/h3-5,12H,1-2H3,(H,13,14). The number of benzene rings is 1. The van der Waals surface area contributed by atoms with Gasteiger partial charge in [-0.05, 0) is 25.1 Å². The van der Waals surface area contributed by atoms with Crippen LogP contribution in [0.1, 0.15) is 12.5 Å². The molecule has 1 unspecified atom stereocenters. The number of halogens is 1. The summed E-state index contributed by atoms with van der Waals surface area (Å²) in [6.45, 7) is 0.895. The molecule has 0 amide bonds. The maximum absolute atomic E-state index is 13.8. The Kier molecular flexibility index (Phi) is 2.83. The van der Waals surface area contributed by atoms with E-state index in [0.717, 1.165) is 13.0 Å². The summed E-state index contributed by atoms with van der Waals surface area (Å²) in [7, 11) is 1.30. The third kappa shape index (κ3) is 2.01. The van der Waals surface area contributed by atoms with Crippen molar-refractivity contribution in [3.05, 3.63) is 23.8 Å². The van der Waals surface area contributed by atoms with Gasteiger partial charge in [-0.25, -0.2) is 9.18 Å². The van der Waals surface area contributed by atoms with Gasteiger partial charge in [0.25, 0.3) is 0 Å². The van der Waals surface area contributed by atoms with Crippen molar-refractivity contribution in [2.75, 3.05) is 7.11 Å². The van der Waals surface area contributed by atoms with E-state index in [2.05, 4.69) is 0 Å². The average molecular weight is 214 g/mol. The first-order chi connectivity index (χ1) is 6.89. The lowest BCUT2D eigenvalue weighted by molar-refractivity contribution is -0.150. The molecule has 0 spiro atoms. The second kappa shape index (κ2) is 3.76. The van der Waals surface area contributed by atoms with Gasteiger partial charge in [-0.3, -0.25) is 0 Å². The Morgan fingerprint density at radius 1 is 1.53 bits per heavy atom. The average Bonchev–Trinajstić information content (AvgIpc) is 2.17. The molecule has 5 heteroatoms. The Labute approximate surface area is 85.9 Å². The Bertz CT molecular complexity index is 387. The molecule has 0 saturated heterocycles. The van der Waals surface area contributed by atoms with Gasteiger partial charge in [-0.15, -0.1) is 0 Å². The lowest BCUT2D eigenvalue weighted by Crippen LogP contribution is -2.27. The summed E-state index contributed by atoms with van der Waals surface area (Å²) in [5.41, 5.74) is -2.80. The van der Waals surface area contributed by atoms with Crippen LogP contribution in [0, 0.1) is 0 Å². The molecule has 15 heavy (non-hydrogen) atoms. The van der Waals surface area contributed by atoms with Crippen molar-refractivity contribution in [2.24, 2.45) is 0 Å². The Balaban J connectivity index is 3.34. The van der Waals surface area contributed by atoms with Gasteiger partial charge in [0, 0.05) is 5.56 Å². The van der Waals surface area contributed by atoms with Gasteiger partial charge < -0.3 is 14.9 Å². The van der Waals surface area contributed by atoms with Gasteiger partial charge in [-0.1, -0.05) is 0 Å². The summed E-state index contributed by atoms with van der Waals surface area (Å²) >= 11 is 0. The van der Waals surface area contributed by atoms with E-state index in [4.69, 9.17) is 14.9 Å². The van der Waals surface area contributed by atoms with Crippen molar-refractivity contribution in [3.8, 4) is 11.5 Å². The number of carbonyl (C=O) groups is 1. The van der Waals surface area contributed by atoms with E-state index in [1.54, 1.807) is 0 Å². The summed E-state index contributed by atoms with van der Waals surface area (Å²) in [5, 5.41) is 17.9. The number of alkyl halides is 1. The van der Waals surface area contributed by atoms with E-state index < -0.39 is 11.6 Å². The number of hydrogen-bond donors (Lipinski definition) is 2. The Hall–Kier alpha value is -1.78. The highest BCUT2D eigenvalue weighted by Crippen LogP contribution is 2.35. The number of phenolic OH excluding ortho intramolecular Hbond substituents is 1. The number of aliphatic carboxylic acids is 1. The van der Waals surface area contributed by atoms with Gasteiger partial charge >= 0.3 is 5.97 Å². The molecule has 4 nitrogen and oxygen atoms in total. The summed E-state index contributed by atoms with van der Waals surface area (Å²) in [4.78, 5) is 10.7. The molecule has 0 aromatic heterocycles. The maximum Gasteiger partial charge on any atom is 0.346 e. The Morgan fingerprint density at radius 2 is 2.13 bits per heavy atom. The van der Waals surface area contributed by atoms with Crippen molar-refractivity contribution < 1.29 is 24.1 Å². The van der Waals surface area contributed by atoms with E-state index in [9.17, 15) is 9.18 Å². The molecule has 0 radical (unpaired) electrons. The quantitative estimate of drug-likeness (QED) is 0.803. The van der Waals surface area contributed by atoms with E-state index in [1.165, 1.54) is 19.2 Å². The minimum absolute atomic E-state index is 0.0835. The fraction of sp³-hybridized carbons (Fsp3) is 0.300. The Morgan fingerprint density at radius 3 is 2.60 bits per heavy atom. The van der Waals surface area contributed by atoms with Crippen LogP contribution in [0.5, 0.6) is 11.5 Å². The van der Waals surface area contributed by atoms with Crippen molar-refractivity contribution in [1.82, 2.24) is 0 Å². The summed E-state index contributed by atoms with van der Waals surface area (Å²) in [6.07, 6.45) is 0. The third-order valence-electron chi connectivity index (χ3n) is 2.09. The second-order valence-electron chi connectivity index (χ2n) is 3.19. The molecule has 1 aromatic rings. The molecule has 0 heterocycles. The minimum Gasteiger partial charge on any atom is -0.508 e. The highest BCUT2D eigenvalue weighted by Gasteiger charge is 2.38. The topological polar surface area (TPSA) is 66.8 Å². The van der Waals surface area contributed by atoms with Crippen LogP contribution in [0.25, 0.3) is 0 Å². The number of carboxylic acids is 1. The number of ether oxygens (including phenoxy) is 1. The number of phenols is 1. The van der Waals surface area contributed by atoms with Crippen LogP contribution < -0.4 is 4.74 Å². The smallest absolute Gasteiger partial charge is 0.346 e. The normalized spacial score (nSPS) is 14.3. The highest BCUT2D eigenvalue weighted by molar-refractivity contribution is 5.80. The number of carboxylic acid groups (broad SMARTS) is 1. The molecule has 0 aliphatic heterocycles. The van der Waals surface area contributed by atoms with Crippen molar-refractivity contribution in [2.45, 2.75) is 12.6 Å². The SMILES string of the molecule is COc1ccc(O)cc1C(C)(F)C(=O)O. The number of aromatic hydroxyl groups is 1. The highest BCUT2D eigenvalue weighted by atomic mass is 19.1. The molecule has 82 valence electrons. The summed E-state index contributed by atoms with van der Waals surface area (Å²) in [5.74, 6) is -1.76. The van der Waals surface area contributed by atoms with Crippen molar-refractivity contribution in [1.29, 1.82) is 0 Å². The molecule has 0 aliphatic rings. The van der Waals surface area contributed by atoms with Crippen LogP contribution in [0.4, 0.5) is 4.39 Å². The van der Waals surface area contributed by atoms with Crippen molar-refractivity contribution >= 4 is 5.97 Å². The van der Waals surface area contributed by atoms with Gasteiger partial charge in [0.05, 0.1) is 7.11 Å². The van der Waals surface area contributed by atoms with E-state index in [0.29, 0.717) is 0 Å². The molecule has 1 atom stereocenters. The third-order valence-corrected chi connectivity index (χ3v) is 2.09. The van der Waals surface area contributed by atoms with Crippen molar-refractivity contribution in [3.63, 3.8) is 0 Å². The van der Waals surface area contributed by atoms with Crippen LogP contribution in [-0.2, 0) is 10.5 Å². The fourth-order valence-electron chi connectivity index (χ4n) is 1.18. The lowest BCUT2D eigenvalue weighted by atomic mass is 9.97. The van der Waals surface area contributed by atoms with E-state index in [-0.39, 0.29) is 17.1 Å². The fourth-order valence-corrected chi connectivity index (χ4v) is 1.18. The lowest BCUT2D eigenvalue weighted by Gasteiger charge is -2.18. The van der Waals surface area contributed by atoms with E-state index >= 15 is 0 Å². The van der Waals surface area contributed by atoms with Crippen LogP contribution in [0.15, 0.2) is 18.2 Å². The van der Waals surface area contributed by atoms with Crippen LogP contribution >= 0.6 is 0 Å². The molecular weight excluding hydrogens is 203 g/mol. The molecule has 0 fully saturated rings. The number of methoxy groups -OCH3 is 1. The molecule has 0 saturated carbocycles. The maximum atomic E-state index is 13.8. The molecule has 0 aliphatic carbocycles. The monoisotopic (exact) mass is 214 g/mol. The zero-order chi connectivity index (χ0) is 11.6. The predicted molar refractivity (Wildman–Crippen MR) is 50.8 cm³/mol. The molecule has 0 bridgehead atoms. The largest absolute Gasteiger partial charge is 0.508 e. The molecule has 2 N–H and O–H groups in total. The summed E-state index contributed by atoms with van der Waals surface area (Å²) < 4.78 is 18.6. The number of rotatable bonds is 3. The second-order valence-corrected chi connectivity index (χ2v) is 3.19. The van der Waals surface area contributed by atoms with Crippen LogP contribution in [0.3, 0.4) is 0 Å². The molecule has 1 rings (SSSR count). The van der Waals surface area contributed by atoms with Gasteiger partial charge in [0.15, 0.2) is 0 Å². The predicted octanol–water partition coefficient (Wildman–Crippen LogP) is 1.67. The molecular formula is C10H11FO4. The van der Waals surface area contributed by atoms with E-state index in [1.807, 2.05) is 0 Å². The number of hydrogen-bond acceptors (Lipinski definition) is 3. The molecule has 1 aromatic carbocycles. The first-order valence-corrected chi connectivity index (χ1v) is 4.19. The van der Waals surface area contributed by atoms with Crippen LogP contribution in [-0.4, -0.2) is 23.3 Å². The van der Waals surface area contributed by atoms with Crippen LogP contribution in [0.2, 0.25) is 0 Å². The minimum atomic E-state index is -2.59. The van der Waals surface area contributed by atoms with Gasteiger partial charge in [0.2, 0.25) is 5.67 Å². The first kappa shape index (κ1) is 11.3. The zero-order valence-electron chi connectivity index (χ0n) is 8.32. The van der Waals surface area contributed by atoms with Gasteiger partial charge in [0.1, 0.15) is 11.5 Å².